The van der Waals surface area contributed by atoms with Crippen molar-refractivity contribution in [2.75, 3.05) is 34.4 Å². The van der Waals surface area contributed by atoms with Gasteiger partial charge in [-0.25, -0.2) is 4.98 Å². The summed E-state index contributed by atoms with van der Waals surface area (Å²) in [7, 11) is 4.52. The zero-order chi connectivity index (χ0) is 24.8. The molecule has 0 saturated carbocycles. The van der Waals surface area contributed by atoms with Crippen LogP contribution in [0.25, 0.3) is 11.0 Å². The van der Waals surface area contributed by atoms with Gasteiger partial charge in [-0.2, -0.15) is 0 Å². The van der Waals surface area contributed by atoms with E-state index in [1.165, 1.54) is 21.3 Å². The highest BCUT2D eigenvalue weighted by molar-refractivity contribution is 5.95. The number of aromatic nitrogens is 2. The van der Waals surface area contributed by atoms with Crippen molar-refractivity contribution in [2.24, 2.45) is 0 Å². The number of carbonyl (C=O) groups is 2. The Labute approximate surface area is 205 Å². The molecule has 1 aromatic heterocycles. The molecule has 3 aromatic rings. The molecule has 35 heavy (non-hydrogen) atoms. The van der Waals surface area contributed by atoms with Crippen LogP contribution in [0.4, 0.5) is 0 Å². The van der Waals surface area contributed by atoms with Gasteiger partial charge in [0.2, 0.25) is 11.7 Å². The van der Waals surface area contributed by atoms with Crippen LogP contribution in [0.15, 0.2) is 36.4 Å². The Kier molecular flexibility index (Phi) is 7.74. The molecule has 1 N–H and O–H groups in total. The van der Waals surface area contributed by atoms with Crippen LogP contribution in [0.2, 0.25) is 0 Å². The molecule has 0 unspecified atom stereocenters. The van der Waals surface area contributed by atoms with E-state index in [4.69, 9.17) is 19.2 Å². The van der Waals surface area contributed by atoms with Crippen LogP contribution in [-0.4, -0.2) is 60.7 Å². The van der Waals surface area contributed by atoms with Gasteiger partial charge in [-0.3, -0.25) is 9.59 Å². The zero-order valence-corrected chi connectivity index (χ0v) is 20.5. The van der Waals surface area contributed by atoms with Crippen LogP contribution in [0.3, 0.4) is 0 Å². The molecular formula is C26H32N4O5. The Balaban J connectivity index is 1.55. The molecule has 9 nitrogen and oxygen atoms in total. The number of nitrogens with one attached hydrogen (secondary N) is 1. The van der Waals surface area contributed by atoms with Gasteiger partial charge in [-0.15, -0.1) is 0 Å². The summed E-state index contributed by atoms with van der Waals surface area (Å²) in [6.45, 7) is 1.94. The molecule has 2 aromatic carbocycles. The number of likely N-dealkylation sites (tertiary alicyclic amines) is 1. The zero-order valence-electron chi connectivity index (χ0n) is 20.5. The van der Waals surface area contributed by atoms with E-state index in [0.29, 0.717) is 28.6 Å². The second-order valence-electron chi connectivity index (χ2n) is 8.49. The molecule has 0 aliphatic carbocycles. The Bertz CT molecular complexity index is 1170. The van der Waals surface area contributed by atoms with E-state index in [2.05, 4.69) is 5.32 Å². The molecule has 0 atom stereocenters. The van der Waals surface area contributed by atoms with E-state index < -0.39 is 0 Å². The second kappa shape index (κ2) is 11.1. The third-order valence-electron chi connectivity index (χ3n) is 6.32. The Morgan fingerprint density at radius 2 is 1.60 bits per heavy atom. The summed E-state index contributed by atoms with van der Waals surface area (Å²) < 4.78 is 18.0. The molecule has 186 valence electrons. The minimum atomic E-state index is -0.318. The lowest BCUT2D eigenvalue weighted by Crippen LogP contribution is -2.35. The van der Waals surface area contributed by atoms with E-state index in [1.807, 2.05) is 33.7 Å². The Morgan fingerprint density at radius 1 is 0.943 bits per heavy atom. The van der Waals surface area contributed by atoms with Gasteiger partial charge in [-0.05, 0) is 37.1 Å². The number of imidazole rings is 1. The summed E-state index contributed by atoms with van der Waals surface area (Å²) in [6.07, 6.45) is 4.40. The van der Waals surface area contributed by atoms with E-state index in [-0.39, 0.29) is 24.9 Å². The van der Waals surface area contributed by atoms with Gasteiger partial charge in [0.25, 0.3) is 5.91 Å². The largest absolute Gasteiger partial charge is 0.493 e. The van der Waals surface area contributed by atoms with E-state index in [1.54, 1.807) is 12.1 Å². The van der Waals surface area contributed by atoms with E-state index in [9.17, 15) is 9.59 Å². The molecule has 9 heteroatoms. The fraction of sp³-hybridized carbons (Fsp3) is 0.423. The number of benzene rings is 2. The molecule has 2 amide bonds. The summed E-state index contributed by atoms with van der Waals surface area (Å²) in [6, 6.07) is 10.9. The maximum atomic E-state index is 13.1. The van der Waals surface area contributed by atoms with Crippen LogP contribution in [0.5, 0.6) is 17.2 Å². The molecule has 4 rings (SSSR count). The third kappa shape index (κ3) is 5.34. The highest BCUT2D eigenvalue weighted by Crippen LogP contribution is 2.38. The van der Waals surface area contributed by atoms with Crippen LogP contribution >= 0.6 is 0 Å². The van der Waals surface area contributed by atoms with Gasteiger partial charge in [0.15, 0.2) is 11.5 Å². The number of ether oxygens (including phenoxy) is 3. The standard InChI is InChI=1S/C26H32N4O5/c1-33-21-14-18(15-22(34-2)25(21)35-3)26(32)27-16-23-28-19-10-6-7-11-20(19)30(23)17-24(31)29-12-8-4-5-9-13-29/h6-7,10-11,14-15H,4-5,8-9,12-13,16-17H2,1-3H3,(H,27,32). The van der Waals surface area contributed by atoms with Gasteiger partial charge >= 0.3 is 0 Å². The molecule has 2 heterocycles. The number of methoxy groups -OCH3 is 3. The average Bonchev–Trinajstić information content (AvgIpc) is 3.04. The highest BCUT2D eigenvalue weighted by atomic mass is 16.5. The normalized spacial score (nSPS) is 13.9. The summed E-state index contributed by atoms with van der Waals surface area (Å²) in [5, 5.41) is 2.92. The summed E-state index contributed by atoms with van der Waals surface area (Å²) >= 11 is 0. The van der Waals surface area contributed by atoms with Crippen molar-refractivity contribution < 1.29 is 23.8 Å². The fourth-order valence-electron chi connectivity index (χ4n) is 4.47. The number of amides is 2. The first-order valence-electron chi connectivity index (χ1n) is 11.9. The van der Waals surface area contributed by atoms with Crippen LogP contribution < -0.4 is 19.5 Å². The van der Waals surface area contributed by atoms with Crippen molar-refractivity contribution >= 4 is 22.8 Å². The minimum absolute atomic E-state index is 0.0762. The summed E-state index contributed by atoms with van der Waals surface area (Å²) in [4.78, 5) is 32.8. The van der Waals surface area contributed by atoms with Gasteiger partial charge in [-0.1, -0.05) is 25.0 Å². The lowest BCUT2D eigenvalue weighted by molar-refractivity contribution is -0.131. The topological polar surface area (TPSA) is 94.9 Å². The first-order valence-corrected chi connectivity index (χ1v) is 11.9. The summed E-state index contributed by atoms with van der Waals surface area (Å²) in [5.41, 5.74) is 2.02. The summed E-state index contributed by atoms with van der Waals surface area (Å²) in [5.74, 6) is 1.59. The number of rotatable bonds is 8. The third-order valence-corrected chi connectivity index (χ3v) is 6.32. The maximum Gasteiger partial charge on any atom is 0.251 e. The Hall–Kier alpha value is -3.75. The fourth-order valence-corrected chi connectivity index (χ4v) is 4.47. The number of carbonyl (C=O) groups excluding carboxylic acids is 2. The van der Waals surface area contributed by atoms with Crippen molar-refractivity contribution in [1.82, 2.24) is 19.8 Å². The van der Waals surface area contributed by atoms with Crippen LogP contribution in [0.1, 0.15) is 41.9 Å². The van der Waals surface area contributed by atoms with Gasteiger partial charge in [0.05, 0.1) is 38.9 Å². The number of hydrogen-bond donors (Lipinski definition) is 1. The van der Waals surface area contributed by atoms with Gasteiger partial charge in [0, 0.05) is 18.7 Å². The Morgan fingerprint density at radius 3 is 2.23 bits per heavy atom. The molecule has 1 saturated heterocycles. The monoisotopic (exact) mass is 480 g/mol. The molecular weight excluding hydrogens is 448 g/mol. The van der Waals surface area contributed by atoms with Crippen molar-refractivity contribution in [3.63, 3.8) is 0 Å². The predicted molar refractivity (Wildman–Crippen MR) is 132 cm³/mol. The molecule has 1 fully saturated rings. The molecule has 1 aliphatic heterocycles. The van der Waals surface area contributed by atoms with Crippen molar-refractivity contribution in [1.29, 1.82) is 0 Å². The molecule has 1 aliphatic rings. The quantitative estimate of drug-likeness (QED) is 0.531. The lowest BCUT2D eigenvalue weighted by atomic mass is 10.1. The second-order valence-corrected chi connectivity index (χ2v) is 8.49. The molecule has 0 bridgehead atoms. The van der Waals surface area contributed by atoms with Crippen molar-refractivity contribution in [3.8, 4) is 17.2 Å². The van der Waals surface area contributed by atoms with E-state index >= 15 is 0 Å². The highest BCUT2D eigenvalue weighted by Gasteiger charge is 2.21. The van der Waals surface area contributed by atoms with E-state index in [0.717, 1.165) is 49.8 Å². The SMILES string of the molecule is COc1cc(C(=O)NCc2nc3ccccc3n2CC(=O)N2CCCCCC2)cc(OC)c1OC. The minimum Gasteiger partial charge on any atom is -0.493 e. The number of hydrogen-bond acceptors (Lipinski definition) is 6. The average molecular weight is 481 g/mol. The van der Waals surface area contributed by atoms with Crippen LogP contribution in [-0.2, 0) is 17.9 Å². The first kappa shape index (κ1) is 24.4. The molecule has 0 radical (unpaired) electrons. The molecule has 0 spiro atoms. The van der Waals surface area contributed by atoms with Gasteiger partial charge in [0.1, 0.15) is 12.4 Å². The van der Waals surface area contributed by atoms with Crippen LogP contribution in [0, 0.1) is 0 Å². The number of para-hydroxylation sites is 2. The number of nitrogens with zero attached hydrogens (tertiary/aromatic N) is 3. The van der Waals surface area contributed by atoms with Crippen molar-refractivity contribution in [2.45, 2.75) is 38.8 Å². The maximum absolute atomic E-state index is 13.1. The number of fused-ring (bicyclic) bond motifs is 1. The lowest BCUT2D eigenvalue weighted by Gasteiger charge is -2.21. The van der Waals surface area contributed by atoms with Crippen molar-refractivity contribution in [3.05, 3.63) is 47.8 Å². The predicted octanol–water partition coefficient (Wildman–Crippen LogP) is 3.39. The first-order chi connectivity index (χ1) is 17.0. The smallest absolute Gasteiger partial charge is 0.251 e. The van der Waals surface area contributed by atoms with Gasteiger partial charge < -0.3 is 29.0 Å².